The third-order valence-corrected chi connectivity index (χ3v) is 4.16. The topological polar surface area (TPSA) is 58.1 Å². The Labute approximate surface area is 154 Å². The van der Waals surface area contributed by atoms with Crippen molar-refractivity contribution in [2.24, 2.45) is 0 Å². The maximum Gasteiger partial charge on any atom is 0.270 e. The SMILES string of the molecule is CCCCN(C)c1cc(C(=O)NCCc2ccc(Cl)cc2)nc(C)n1. The van der Waals surface area contributed by atoms with Crippen molar-refractivity contribution in [1.29, 1.82) is 0 Å². The van der Waals surface area contributed by atoms with Crippen molar-refractivity contribution in [3.8, 4) is 0 Å². The van der Waals surface area contributed by atoms with Crippen molar-refractivity contribution >= 4 is 23.3 Å². The standard InChI is InChI=1S/C19H25ClN4O/c1-4-5-12-24(3)18-13-17(22-14(2)23-18)19(25)21-11-10-15-6-8-16(20)9-7-15/h6-9,13H,4-5,10-12H2,1-3H3,(H,21,25). The van der Waals surface area contributed by atoms with E-state index in [-0.39, 0.29) is 5.91 Å². The number of benzene rings is 1. The molecule has 0 bridgehead atoms. The quantitative estimate of drug-likeness (QED) is 0.780. The van der Waals surface area contributed by atoms with Crippen molar-refractivity contribution in [2.75, 3.05) is 25.0 Å². The highest BCUT2D eigenvalue weighted by Gasteiger charge is 2.12. The van der Waals surface area contributed by atoms with Crippen LogP contribution in [-0.2, 0) is 6.42 Å². The molecule has 5 nitrogen and oxygen atoms in total. The van der Waals surface area contributed by atoms with E-state index >= 15 is 0 Å². The van der Waals surface area contributed by atoms with E-state index in [0.29, 0.717) is 23.1 Å². The number of anilines is 1. The summed E-state index contributed by atoms with van der Waals surface area (Å²) in [5.41, 5.74) is 1.53. The van der Waals surface area contributed by atoms with Gasteiger partial charge in [-0.3, -0.25) is 4.79 Å². The Morgan fingerprint density at radius 3 is 2.64 bits per heavy atom. The summed E-state index contributed by atoms with van der Waals surface area (Å²) in [5.74, 6) is 1.21. The highest BCUT2D eigenvalue weighted by molar-refractivity contribution is 6.30. The first kappa shape index (κ1) is 19.2. The fourth-order valence-electron chi connectivity index (χ4n) is 2.44. The smallest absolute Gasteiger partial charge is 0.270 e. The van der Waals surface area contributed by atoms with Gasteiger partial charge in [-0.1, -0.05) is 37.1 Å². The van der Waals surface area contributed by atoms with Gasteiger partial charge in [0.15, 0.2) is 0 Å². The van der Waals surface area contributed by atoms with Crippen LogP contribution in [0.2, 0.25) is 5.02 Å². The van der Waals surface area contributed by atoms with Crippen LogP contribution < -0.4 is 10.2 Å². The molecule has 0 unspecified atom stereocenters. The molecular formula is C19H25ClN4O. The lowest BCUT2D eigenvalue weighted by Crippen LogP contribution is -2.28. The van der Waals surface area contributed by atoms with Gasteiger partial charge in [-0.15, -0.1) is 0 Å². The Morgan fingerprint density at radius 2 is 1.96 bits per heavy atom. The molecular weight excluding hydrogens is 336 g/mol. The Balaban J connectivity index is 1.96. The Morgan fingerprint density at radius 1 is 1.24 bits per heavy atom. The number of carbonyl (C=O) groups excluding carboxylic acids is 1. The first-order valence-electron chi connectivity index (χ1n) is 8.59. The number of hydrogen-bond acceptors (Lipinski definition) is 4. The highest BCUT2D eigenvalue weighted by atomic mass is 35.5. The number of aromatic nitrogens is 2. The number of nitrogens with zero attached hydrogens (tertiary/aromatic N) is 3. The molecule has 2 rings (SSSR count). The van der Waals surface area contributed by atoms with Crippen molar-refractivity contribution < 1.29 is 4.79 Å². The van der Waals surface area contributed by atoms with Crippen LogP contribution in [0, 0.1) is 6.92 Å². The van der Waals surface area contributed by atoms with Crippen molar-refractivity contribution in [1.82, 2.24) is 15.3 Å². The predicted octanol–water partition coefficient (Wildman–Crippen LogP) is 3.65. The van der Waals surface area contributed by atoms with E-state index in [1.165, 1.54) is 0 Å². The first-order chi connectivity index (χ1) is 12.0. The molecule has 0 atom stereocenters. The third-order valence-electron chi connectivity index (χ3n) is 3.91. The molecule has 1 aromatic heterocycles. The van der Waals surface area contributed by atoms with Crippen LogP contribution in [0.1, 0.15) is 41.6 Å². The number of rotatable bonds is 8. The number of amides is 1. The molecule has 0 fully saturated rings. The van der Waals surface area contributed by atoms with Crippen molar-refractivity contribution in [3.63, 3.8) is 0 Å². The average Bonchev–Trinajstić information content (AvgIpc) is 2.60. The number of aryl methyl sites for hydroxylation is 1. The maximum atomic E-state index is 12.4. The van der Waals surface area contributed by atoms with Crippen LogP contribution in [0.15, 0.2) is 30.3 Å². The van der Waals surface area contributed by atoms with Crippen LogP contribution in [-0.4, -0.2) is 36.0 Å². The minimum Gasteiger partial charge on any atom is -0.360 e. The molecule has 0 saturated heterocycles. The minimum absolute atomic E-state index is 0.176. The zero-order chi connectivity index (χ0) is 18.2. The van der Waals surface area contributed by atoms with E-state index in [9.17, 15) is 4.79 Å². The van der Waals surface area contributed by atoms with E-state index < -0.39 is 0 Å². The summed E-state index contributed by atoms with van der Waals surface area (Å²) in [7, 11) is 1.99. The van der Waals surface area contributed by atoms with Gasteiger partial charge in [0.2, 0.25) is 0 Å². The van der Waals surface area contributed by atoms with Crippen LogP contribution >= 0.6 is 11.6 Å². The Hall–Kier alpha value is -2.14. The summed E-state index contributed by atoms with van der Waals surface area (Å²) in [6.07, 6.45) is 2.95. The number of halogens is 1. The van der Waals surface area contributed by atoms with E-state index in [4.69, 9.17) is 11.6 Å². The van der Waals surface area contributed by atoms with E-state index in [1.807, 2.05) is 38.2 Å². The fourth-order valence-corrected chi connectivity index (χ4v) is 2.56. The van der Waals surface area contributed by atoms with E-state index in [1.54, 1.807) is 6.07 Å². The van der Waals surface area contributed by atoms with Crippen LogP contribution in [0.5, 0.6) is 0 Å². The Bertz CT molecular complexity index is 703. The zero-order valence-corrected chi connectivity index (χ0v) is 15.8. The van der Waals surface area contributed by atoms with Crippen LogP contribution in [0.25, 0.3) is 0 Å². The molecule has 0 saturated carbocycles. The highest BCUT2D eigenvalue weighted by Crippen LogP contribution is 2.12. The van der Waals surface area contributed by atoms with Crippen LogP contribution in [0.4, 0.5) is 5.82 Å². The summed E-state index contributed by atoms with van der Waals surface area (Å²) in [6.45, 7) is 5.41. The first-order valence-corrected chi connectivity index (χ1v) is 8.97. The molecule has 2 aromatic rings. The second-order valence-corrected chi connectivity index (χ2v) is 6.50. The molecule has 25 heavy (non-hydrogen) atoms. The fraction of sp³-hybridized carbons (Fsp3) is 0.421. The molecule has 0 aliphatic carbocycles. The molecule has 6 heteroatoms. The van der Waals surface area contributed by atoms with Gasteiger partial charge in [0, 0.05) is 31.2 Å². The summed E-state index contributed by atoms with van der Waals surface area (Å²) < 4.78 is 0. The second kappa shape index (κ2) is 9.37. The maximum absolute atomic E-state index is 12.4. The largest absolute Gasteiger partial charge is 0.360 e. The second-order valence-electron chi connectivity index (χ2n) is 6.07. The van der Waals surface area contributed by atoms with Gasteiger partial charge >= 0.3 is 0 Å². The molecule has 134 valence electrons. The van der Waals surface area contributed by atoms with Crippen molar-refractivity contribution in [3.05, 3.63) is 52.4 Å². The summed E-state index contributed by atoms with van der Waals surface area (Å²) in [6, 6.07) is 9.38. The number of nitrogens with one attached hydrogen (secondary N) is 1. The van der Waals surface area contributed by atoms with Crippen molar-refractivity contribution in [2.45, 2.75) is 33.1 Å². The lowest BCUT2D eigenvalue weighted by molar-refractivity contribution is 0.0949. The van der Waals surface area contributed by atoms with Gasteiger partial charge in [-0.2, -0.15) is 0 Å². The van der Waals surface area contributed by atoms with Gasteiger partial charge in [0.05, 0.1) is 0 Å². The number of hydrogen-bond donors (Lipinski definition) is 1. The summed E-state index contributed by atoms with van der Waals surface area (Å²) >= 11 is 5.88. The van der Waals surface area contributed by atoms with Gasteiger partial charge in [0.25, 0.3) is 5.91 Å². The summed E-state index contributed by atoms with van der Waals surface area (Å²) in [5, 5.41) is 3.63. The summed E-state index contributed by atoms with van der Waals surface area (Å²) in [4.78, 5) is 23.1. The lowest BCUT2D eigenvalue weighted by Gasteiger charge is -2.18. The zero-order valence-electron chi connectivity index (χ0n) is 15.1. The number of unbranched alkanes of at least 4 members (excludes halogenated alkanes) is 1. The molecule has 0 spiro atoms. The normalized spacial score (nSPS) is 10.6. The van der Waals surface area contributed by atoms with Gasteiger partial charge in [-0.25, -0.2) is 9.97 Å². The molecule has 1 aromatic carbocycles. The van der Waals surface area contributed by atoms with Gasteiger partial charge < -0.3 is 10.2 Å². The van der Waals surface area contributed by atoms with E-state index in [2.05, 4.69) is 27.1 Å². The molecule has 1 heterocycles. The monoisotopic (exact) mass is 360 g/mol. The van der Waals surface area contributed by atoms with E-state index in [0.717, 1.165) is 37.2 Å². The van der Waals surface area contributed by atoms with Gasteiger partial charge in [-0.05, 0) is 37.5 Å². The Kier molecular flexibility index (Phi) is 7.19. The average molecular weight is 361 g/mol. The molecule has 0 aliphatic heterocycles. The lowest BCUT2D eigenvalue weighted by atomic mass is 10.1. The molecule has 0 aliphatic rings. The minimum atomic E-state index is -0.176. The predicted molar refractivity (Wildman–Crippen MR) is 102 cm³/mol. The number of carbonyl (C=O) groups is 1. The molecule has 1 amide bonds. The van der Waals surface area contributed by atoms with Gasteiger partial charge in [0.1, 0.15) is 17.3 Å². The van der Waals surface area contributed by atoms with Crippen LogP contribution in [0.3, 0.4) is 0 Å². The molecule has 1 N–H and O–H groups in total. The molecule has 0 radical (unpaired) electrons. The third kappa shape index (κ3) is 6.02.